The average molecular weight is 587 g/mol. The van der Waals surface area contributed by atoms with Crippen LogP contribution in [-0.2, 0) is 4.79 Å². The predicted octanol–water partition coefficient (Wildman–Crippen LogP) is 7.88. The number of ketones is 1. The van der Waals surface area contributed by atoms with Gasteiger partial charge in [0, 0.05) is 21.7 Å². The summed E-state index contributed by atoms with van der Waals surface area (Å²) in [6, 6.07) is 38.9. The number of rotatable bonds is 10. The first-order valence-electron chi connectivity index (χ1n) is 13.5. The Balaban J connectivity index is 1.32. The van der Waals surface area contributed by atoms with E-state index in [1.807, 2.05) is 66.7 Å². The second-order valence-corrected chi connectivity index (χ2v) is 10.6. The molecule has 0 aromatic heterocycles. The molecule has 5 aromatic rings. The molecule has 2 N–H and O–H groups in total. The molecular formula is C36H27FN2O3S. The standard InChI is InChI=1S/C36H27FN2O3S/c37-30-20-18-28(19-21-30)34(40)24-43-32-13-7-12-31(23-32)38-36(42)33(39-35(41)29-10-5-2-6-11-29)22-25-14-16-27(17-15-25)26-8-3-1-4-9-26/h1-23H,24H2,(H,38,42)(H,39,41)/b33-22-. The maximum atomic E-state index is 13.5. The Morgan fingerprint density at radius 1 is 0.674 bits per heavy atom. The van der Waals surface area contributed by atoms with Crippen LogP contribution in [0.2, 0.25) is 0 Å². The van der Waals surface area contributed by atoms with Crippen molar-refractivity contribution >= 4 is 41.1 Å². The molecule has 212 valence electrons. The van der Waals surface area contributed by atoms with E-state index < -0.39 is 17.6 Å². The zero-order chi connectivity index (χ0) is 30.0. The molecule has 2 amide bonds. The van der Waals surface area contributed by atoms with Crippen molar-refractivity contribution in [2.24, 2.45) is 0 Å². The summed E-state index contributed by atoms with van der Waals surface area (Å²) in [6.07, 6.45) is 1.63. The molecule has 7 heteroatoms. The number of hydrogen-bond acceptors (Lipinski definition) is 4. The number of hydrogen-bond donors (Lipinski definition) is 2. The van der Waals surface area contributed by atoms with Gasteiger partial charge in [-0.15, -0.1) is 11.8 Å². The Labute approximate surface area is 253 Å². The topological polar surface area (TPSA) is 75.3 Å². The van der Waals surface area contributed by atoms with Crippen LogP contribution in [0.4, 0.5) is 10.1 Å². The van der Waals surface area contributed by atoms with Crippen LogP contribution in [0, 0.1) is 5.82 Å². The maximum Gasteiger partial charge on any atom is 0.272 e. The van der Waals surface area contributed by atoms with Crippen molar-refractivity contribution < 1.29 is 18.8 Å². The lowest BCUT2D eigenvalue weighted by molar-refractivity contribution is -0.113. The SMILES string of the molecule is O=C(Nc1cccc(SCC(=O)c2ccc(F)cc2)c1)/C(=C/c1ccc(-c2ccccc2)cc1)NC(=O)c1ccccc1. The van der Waals surface area contributed by atoms with Gasteiger partial charge in [0.25, 0.3) is 11.8 Å². The fourth-order valence-electron chi connectivity index (χ4n) is 4.24. The largest absolute Gasteiger partial charge is 0.321 e. The highest BCUT2D eigenvalue weighted by Gasteiger charge is 2.16. The number of benzene rings is 5. The normalized spacial score (nSPS) is 11.0. The van der Waals surface area contributed by atoms with Gasteiger partial charge in [-0.2, -0.15) is 0 Å². The van der Waals surface area contributed by atoms with E-state index in [2.05, 4.69) is 10.6 Å². The van der Waals surface area contributed by atoms with Gasteiger partial charge in [0.1, 0.15) is 11.5 Å². The van der Waals surface area contributed by atoms with Crippen molar-refractivity contribution in [3.8, 4) is 11.1 Å². The summed E-state index contributed by atoms with van der Waals surface area (Å²) >= 11 is 1.31. The Bertz CT molecular complexity index is 1750. The highest BCUT2D eigenvalue weighted by Crippen LogP contribution is 2.24. The minimum absolute atomic E-state index is 0.0749. The zero-order valence-corrected chi connectivity index (χ0v) is 23.8. The number of nitrogens with one attached hydrogen (secondary N) is 2. The molecule has 0 aliphatic heterocycles. The second kappa shape index (κ2) is 14.1. The zero-order valence-electron chi connectivity index (χ0n) is 23.0. The van der Waals surface area contributed by atoms with E-state index in [4.69, 9.17) is 0 Å². The van der Waals surface area contributed by atoms with Crippen LogP contribution in [0.5, 0.6) is 0 Å². The Morgan fingerprint density at radius 2 is 1.33 bits per heavy atom. The van der Waals surface area contributed by atoms with Crippen molar-refractivity contribution in [2.75, 3.05) is 11.1 Å². The van der Waals surface area contributed by atoms with Gasteiger partial charge in [-0.1, -0.05) is 78.9 Å². The van der Waals surface area contributed by atoms with E-state index in [9.17, 15) is 18.8 Å². The minimum atomic E-state index is -0.499. The summed E-state index contributed by atoms with van der Waals surface area (Å²) in [7, 11) is 0. The smallest absolute Gasteiger partial charge is 0.272 e. The number of halogens is 1. The summed E-state index contributed by atoms with van der Waals surface area (Å²) in [5.74, 6) is -1.29. The van der Waals surface area contributed by atoms with Crippen molar-refractivity contribution in [3.63, 3.8) is 0 Å². The highest BCUT2D eigenvalue weighted by atomic mass is 32.2. The van der Waals surface area contributed by atoms with Crippen LogP contribution in [0.3, 0.4) is 0 Å². The quantitative estimate of drug-likeness (QED) is 0.0992. The van der Waals surface area contributed by atoms with Gasteiger partial charge in [0.05, 0.1) is 5.75 Å². The number of amides is 2. The summed E-state index contributed by atoms with van der Waals surface area (Å²) in [6.45, 7) is 0. The molecule has 5 rings (SSSR count). The molecule has 0 radical (unpaired) electrons. The third-order valence-electron chi connectivity index (χ3n) is 6.49. The predicted molar refractivity (Wildman–Crippen MR) is 170 cm³/mol. The maximum absolute atomic E-state index is 13.5. The Kier molecular flexibility index (Phi) is 9.56. The van der Waals surface area contributed by atoms with Gasteiger partial charge in [-0.3, -0.25) is 14.4 Å². The average Bonchev–Trinajstić information content (AvgIpc) is 3.05. The summed E-state index contributed by atoms with van der Waals surface area (Å²) in [5.41, 5.74) is 4.27. The van der Waals surface area contributed by atoms with E-state index >= 15 is 0 Å². The van der Waals surface area contributed by atoms with Crippen LogP contribution in [0.15, 0.2) is 144 Å². The first-order valence-corrected chi connectivity index (χ1v) is 14.5. The van der Waals surface area contributed by atoms with E-state index in [1.54, 1.807) is 48.5 Å². The van der Waals surface area contributed by atoms with Crippen LogP contribution in [0.25, 0.3) is 17.2 Å². The Hall–Kier alpha value is -5.27. The van der Waals surface area contributed by atoms with Gasteiger partial charge in [0.2, 0.25) is 0 Å². The van der Waals surface area contributed by atoms with E-state index in [-0.39, 0.29) is 17.2 Å². The highest BCUT2D eigenvalue weighted by molar-refractivity contribution is 8.00. The molecule has 5 nitrogen and oxygen atoms in total. The van der Waals surface area contributed by atoms with Crippen molar-refractivity contribution in [2.45, 2.75) is 4.90 Å². The minimum Gasteiger partial charge on any atom is -0.321 e. The van der Waals surface area contributed by atoms with Gasteiger partial charge in [-0.25, -0.2) is 4.39 Å². The van der Waals surface area contributed by atoms with E-state index in [1.165, 1.54) is 36.0 Å². The van der Waals surface area contributed by atoms with Gasteiger partial charge < -0.3 is 10.6 Å². The molecule has 0 spiro atoms. The fraction of sp³-hybridized carbons (Fsp3) is 0.0278. The molecular weight excluding hydrogens is 559 g/mol. The fourth-order valence-corrected chi connectivity index (χ4v) is 5.09. The number of carbonyl (C=O) groups is 3. The first kappa shape index (κ1) is 29.2. The molecule has 0 atom stereocenters. The lowest BCUT2D eigenvalue weighted by atomic mass is 10.0. The van der Waals surface area contributed by atoms with Crippen molar-refractivity contribution in [1.82, 2.24) is 5.32 Å². The number of carbonyl (C=O) groups excluding carboxylic acids is 3. The van der Waals surface area contributed by atoms with Gasteiger partial charge in [0.15, 0.2) is 5.78 Å². The number of anilines is 1. The second-order valence-electron chi connectivity index (χ2n) is 9.57. The van der Waals surface area contributed by atoms with Gasteiger partial charge in [-0.05, 0) is 77.4 Å². The van der Waals surface area contributed by atoms with Crippen LogP contribution >= 0.6 is 11.8 Å². The van der Waals surface area contributed by atoms with Crippen LogP contribution < -0.4 is 10.6 Å². The van der Waals surface area contributed by atoms with Crippen LogP contribution in [0.1, 0.15) is 26.3 Å². The van der Waals surface area contributed by atoms with Crippen LogP contribution in [-0.4, -0.2) is 23.4 Å². The Morgan fingerprint density at radius 3 is 2.02 bits per heavy atom. The molecule has 43 heavy (non-hydrogen) atoms. The van der Waals surface area contributed by atoms with Crippen molar-refractivity contribution in [3.05, 3.63) is 162 Å². The third kappa shape index (κ3) is 8.15. The molecule has 0 fully saturated rings. The lowest BCUT2D eigenvalue weighted by Crippen LogP contribution is -2.30. The summed E-state index contributed by atoms with van der Waals surface area (Å²) in [4.78, 5) is 39.8. The monoisotopic (exact) mass is 586 g/mol. The number of Topliss-reactive ketones (excluding diaryl/α,β-unsaturated/α-hetero) is 1. The number of thioether (sulfide) groups is 1. The van der Waals surface area contributed by atoms with E-state index in [0.29, 0.717) is 16.8 Å². The molecule has 5 aromatic carbocycles. The third-order valence-corrected chi connectivity index (χ3v) is 7.48. The lowest BCUT2D eigenvalue weighted by Gasteiger charge is -2.12. The molecule has 0 heterocycles. The van der Waals surface area contributed by atoms with E-state index in [0.717, 1.165) is 21.6 Å². The first-order chi connectivity index (χ1) is 20.9. The summed E-state index contributed by atoms with van der Waals surface area (Å²) in [5, 5.41) is 5.62. The molecule has 0 saturated carbocycles. The molecule has 0 unspecified atom stereocenters. The molecule has 0 aliphatic carbocycles. The van der Waals surface area contributed by atoms with Crippen molar-refractivity contribution in [1.29, 1.82) is 0 Å². The molecule has 0 saturated heterocycles. The summed E-state index contributed by atoms with van der Waals surface area (Å²) < 4.78 is 13.2. The molecule has 0 bridgehead atoms. The van der Waals surface area contributed by atoms with Gasteiger partial charge >= 0.3 is 0 Å². The molecule has 0 aliphatic rings.